The molecule has 2 aromatic rings. The Hall–Kier alpha value is -2.03. The van der Waals surface area contributed by atoms with Gasteiger partial charge < -0.3 is 10.2 Å². The maximum absolute atomic E-state index is 13.7. The summed E-state index contributed by atoms with van der Waals surface area (Å²) in [5, 5.41) is 20.4. The van der Waals surface area contributed by atoms with Crippen molar-refractivity contribution in [2.24, 2.45) is 0 Å². The van der Waals surface area contributed by atoms with E-state index in [4.69, 9.17) is 0 Å². The van der Waals surface area contributed by atoms with E-state index in [-0.39, 0.29) is 11.5 Å². The largest absolute Gasteiger partial charge is 0.508 e. The van der Waals surface area contributed by atoms with Gasteiger partial charge in [0, 0.05) is 17.0 Å². The molecular weight excluding hydrogens is 219 g/mol. The van der Waals surface area contributed by atoms with Crippen LogP contribution in [0.15, 0.2) is 24.8 Å². The zero-order valence-electron chi connectivity index (χ0n) is 9.50. The molecule has 0 saturated heterocycles. The maximum Gasteiger partial charge on any atom is 0.134 e. The second-order valence-corrected chi connectivity index (χ2v) is 3.88. The summed E-state index contributed by atoms with van der Waals surface area (Å²) in [5.41, 5.74) is 1.14. The number of halogens is 1. The molecule has 0 amide bonds. The number of hydrogen-bond acceptors (Lipinski definition) is 2. The van der Waals surface area contributed by atoms with Crippen LogP contribution < -0.4 is 0 Å². The highest BCUT2D eigenvalue weighted by molar-refractivity contribution is 5.98. The molecule has 3 heteroatoms. The minimum atomic E-state index is -0.509. The first-order valence-corrected chi connectivity index (χ1v) is 5.38. The summed E-state index contributed by atoms with van der Waals surface area (Å²) in [7, 11) is 0. The van der Waals surface area contributed by atoms with E-state index < -0.39 is 5.82 Å². The molecule has 2 aromatic carbocycles. The predicted octanol–water partition coefficient (Wildman–Crippen LogP) is 3.60. The van der Waals surface area contributed by atoms with Crippen LogP contribution in [0.25, 0.3) is 16.8 Å². The quantitative estimate of drug-likeness (QED) is 0.830. The lowest BCUT2D eigenvalue weighted by molar-refractivity contribution is 0.468. The Labute approximate surface area is 98.6 Å². The Balaban J connectivity index is 3.03. The van der Waals surface area contributed by atoms with Gasteiger partial charge in [-0.05, 0) is 29.5 Å². The van der Waals surface area contributed by atoms with Crippen molar-refractivity contribution < 1.29 is 14.6 Å². The number of aryl methyl sites for hydroxylation is 1. The second kappa shape index (κ2) is 4.09. The molecule has 0 spiro atoms. The van der Waals surface area contributed by atoms with Crippen molar-refractivity contribution in [3.8, 4) is 11.5 Å². The van der Waals surface area contributed by atoms with Crippen LogP contribution in [0.3, 0.4) is 0 Å². The first-order valence-electron chi connectivity index (χ1n) is 5.38. The number of fused-ring (bicyclic) bond motifs is 1. The number of phenolic OH excluding ortho intramolecular Hbond substituents is 2. The van der Waals surface area contributed by atoms with Gasteiger partial charge in [0.1, 0.15) is 17.3 Å². The molecule has 0 aliphatic heterocycles. The highest BCUT2D eigenvalue weighted by atomic mass is 19.1. The van der Waals surface area contributed by atoms with E-state index in [0.29, 0.717) is 22.8 Å². The number of benzene rings is 2. The van der Waals surface area contributed by atoms with Crippen LogP contribution in [0.1, 0.15) is 18.1 Å². The standard InChI is InChI=1S/C14H13FO2/c1-3-8-5-9(16)6-11-13(17)7-12(15)10(4-2)14(8)11/h4-7,16-17H,2-3H2,1H3. The molecule has 17 heavy (non-hydrogen) atoms. The zero-order valence-corrected chi connectivity index (χ0v) is 9.50. The van der Waals surface area contributed by atoms with E-state index in [0.717, 1.165) is 11.6 Å². The van der Waals surface area contributed by atoms with Crippen LogP contribution in [0, 0.1) is 5.82 Å². The number of hydrogen-bond donors (Lipinski definition) is 2. The highest BCUT2D eigenvalue weighted by Crippen LogP contribution is 2.36. The molecule has 2 rings (SSSR count). The fourth-order valence-corrected chi connectivity index (χ4v) is 2.08. The third-order valence-electron chi connectivity index (χ3n) is 2.86. The van der Waals surface area contributed by atoms with E-state index in [1.807, 2.05) is 6.92 Å². The molecule has 88 valence electrons. The molecular formula is C14H13FO2. The molecule has 0 aliphatic carbocycles. The lowest BCUT2D eigenvalue weighted by atomic mass is 9.96. The number of rotatable bonds is 2. The van der Waals surface area contributed by atoms with E-state index in [9.17, 15) is 14.6 Å². The fourth-order valence-electron chi connectivity index (χ4n) is 2.08. The molecule has 0 aromatic heterocycles. The molecule has 0 aliphatic rings. The maximum atomic E-state index is 13.7. The summed E-state index contributed by atoms with van der Waals surface area (Å²) in [4.78, 5) is 0. The van der Waals surface area contributed by atoms with Gasteiger partial charge in [-0.15, -0.1) is 0 Å². The summed E-state index contributed by atoms with van der Waals surface area (Å²) >= 11 is 0. The molecule has 0 bridgehead atoms. The van der Waals surface area contributed by atoms with Gasteiger partial charge in [-0.2, -0.15) is 0 Å². The monoisotopic (exact) mass is 232 g/mol. The first-order chi connectivity index (χ1) is 8.08. The van der Waals surface area contributed by atoms with Crippen molar-refractivity contribution in [2.75, 3.05) is 0 Å². The number of aromatic hydroxyl groups is 2. The Morgan fingerprint density at radius 1 is 1.29 bits per heavy atom. The van der Waals surface area contributed by atoms with E-state index in [2.05, 4.69) is 6.58 Å². The van der Waals surface area contributed by atoms with Crippen molar-refractivity contribution >= 4 is 16.8 Å². The van der Waals surface area contributed by atoms with Crippen molar-refractivity contribution in [2.45, 2.75) is 13.3 Å². The van der Waals surface area contributed by atoms with E-state index >= 15 is 0 Å². The van der Waals surface area contributed by atoms with Crippen molar-refractivity contribution in [3.63, 3.8) is 0 Å². The normalized spacial score (nSPS) is 10.7. The minimum absolute atomic E-state index is 0.0614. The summed E-state index contributed by atoms with van der Waals surface area (Å²) in [6, 6.07) is 4.04. The molecule has 0 fully saturated rings. The molecule has 2 nitrogen and oxygen atoms in total. The first kappa shape index (κ1) is 11.5. The van der Waals surface area contributed by atoms with E-state index in [1.165, 1.54) is 12.1 Å². The average Bonchev–Trinajstić information content (AvgIpc) is 2.29. The predicted molar refractivity (Wildman–Crippen MR) is 66.7 cm³/mol. The Bertz CT molecular complexity index is 603. The number of phenols is 2. The van der Waals surface area contributed by atoms with Crippen molar-refractivity contribution in [1.29, 1.82) is 0 Å². The van der Waals surface area contributed by atoms with E-state index in [1.54, 1.807) is 6.07 Å². The molecule has 0 atom stereocenters. The fraction of sp³-hybridized carbons (Fsp3) is 0.143. The van der Waals surface area contributed by atoms with Gasteiger partial charge in [-0.25, -0.2) is 4.39 Å². The Morgan fingerprint density at radius 3 is 2.59 bits per heavy atom. The van der Waals surface area contributed by atoms with Crippen LogP contribution in [0.5, 0.6) is 11.5 Å². The van der Waals surface area contributed by atoms with Crippen LogP contribution >= 0.6 is 0 Å². The van der Waals surface area contributed by atoms with Crippen molar-refractivity contribution in [1.82, 2.24) is 0 Å². The summed E-state index contributed by atoms with van der Waals surface area (Å²) in [6.45, 7) is 5.49. The Kier molecular flexibility index (Phi) is 2.76. The van der Waals surface area contributed by atoms with Crippen LogP contribution in [0.2, 0.25) is 0 Å². The molecule has 0 radical (unpaired) electrons. The van der Waals surface area contributed by atoms with Gasteiger partial charge in [0.05, 0.1) is 0 Å². The van der Waals surface area contributed by atoms with Gasteiger partial charge in [0.25, 0.3) is 0 Å². The molecule has 0 heterocycles. The smallest absolute Gasteiger partial charge is 0.134 e. The van der Waals surface area contributed by atoms with Gasteiger partial charge >= 0.3 is 0 Å². The van der Waals surface area contributed by atoms with Gasteiger partial charge in [0.15, 0.2) is 0 Å². The SMILES string of the molecule is C=Cc1c(F)cc(O)c2cc(O)cc(CC)c12. The third kappa shape index (κ3) is 1.73. The van der Waals surface area contributed by atoms with Crippen molar-refractivity contribution in [3.05, 3.63) is 41.7 Å². The summed E-state index contributed by atoms with van der Waals surface area (Å²) in [5.74, 6) is -0.620. The van der Waals surface area contributed by atoms with Crippen LogP contribution in [0.4, 0.5) is 4.39 Å². The van der Waals surface area contributed by atoms with Crippen LogP contribution in [-0.2, 0) is 6.42 Å². The molecule has 0 unspecified atom stereocenters. The second-order valence-electron chi connectivity index (χ2n) is 3.88. The topological polar surface area (TPSA) is 40.5 Å². The summed E-state index contributed by atoms with van der Waals surface area (Å²) < 4.78 is 13.7. The lowest BCUT2D eigenvalue weighted by Crippen LogP contribution is -1.91. The molecule has 2 N–H and O–H groups in total. The van der Waals surface area contributed by atoms with Gasteiger partial charge in [-0.1, -0.05) is 19.6 Å². The minimum Gasteiger partial charge on any atom is -0.508 e. The highest BCUT2D eigenvalue weighted by Gasteiger charge is 2.13. The van der Waals surface area contributed by atoms with Crippen LogP contribution in [-0.4, -0.2) is 10.2 Å². The Morgan fingerprint density at radius 2 is 2.00 bits per heavy atom. The van der Waals surface area contributed by atoms with Gasteiger partial charge in [0.2, 0.25) is 0 Å². The van der Waals surface area contributed by atoms with Gasteiger partial charge in [-0.3, -0.25) is 0 Å². The average molecular weight is 232 g/mol. The third-order valence-corrected chi connectivity index (χ3v) is 2.86. The zero-order chi connectivity index (χ0) is 12.6. The lowest BCUT2D eigenvalue weighted by Gasteiger charge is -2.11. The summed E-state index contributed by atoms with van der Waals surface area (Å²) in [6.07, 6.45) is 2.06. The molecule has 0 saturated carbocycles.